The first-order chi connectivity index (χ1) is 9.04. The van der Waals surface area contributed by atoms with Gasteiger partial charge in [-0.1, -0.05) is 0 Å². The molecule has 0 radical (unpaired) electrons. The molecule has 1 atom stereocenters. The highest BCUT2D eigenvalue weighted by Gasteiger charge is 2.30. The van der Waals surface area contributed by atoms with Crippen LogP contribution < -0.4 is 5.32 Å². The summed E-state index contributed by atoms with van der Waals surface area (Å²) in [7, 11) is 0. The third kappa shape index (κ3) is 2.40. The van der Waals surface area contributed by atoms with Gasteiger partial charge in [0.25, 0.3) is 5.91 Å². The van der Waals surface area contributed by atoms with Gasteiger partial charge in [-0.2, -0.15) is 5.26 Å². The first-order valence-corrected chi connectivity index (χ1v) is 5.83. The molecule has 98 valence electrons. The van der Waals surface area contributed by atoms with Gasteiger partial charge in [-0.25, -0.2) is 4.39 Å². The minimum absolute atomic E-state index is 0.181. The summed E-state index contributed by atoms with van der Waals surface area (Å²) in [6.07, 6.45) is 0. The van der Waals surface area contributed by atoms with E-state index in [9.17, 15) is 14.0 Å². The third-order valence-electron chi connectivity index (χ3n) is 3.09. The zero-order valence-corrected chi connectivity index (χ0v) is 10.3. The summed E-state index contributed by atoms with van der Waals surface area (Å²) in [5.41, 5.74) is 0.0273. The maximum atomic E-state index is 13.2. The number of carbonyl (C=O) groups is 2. The Kier molecular flexibility index (Phi) is 3.47. The lowest BCUT2D eigenvalue weighted by Crippen LogP contribution is -2.55. The van der Waals surface area contributed by atoms with Gasteiger partial charge in [-0.15, -0.1) is 0 Å². The molecule has 1 aliphatic rings. The maximum absolute atomic E-state index is 13.2. The normalized spacial score (nSPS) is 18.7. The van der Waals surface area contributed by atoms with Crippen LogP contribution in [0.3, 0.4) is 0 Å². The first-order valence-electron chi connectivity index (χ1n) is 5.83. The van der Waals surface area contributed by atoms with Crippen molar-refractivity contribution in [3.63, 3.8) is 0 Å². The van der Waals surface area contributed by atoms with E-state index in [2.05, 4.69) is 5.32 Å². The van der Waals surface area contributed by atoms with E-state index in [-0.39, 0.29) is 22.9 Å². The Morgan fingerprint density at radius 2 is 2.32 bits per heavy atom. The van der Waals surface area contributed by atoms with Crippen molar-refractivity contribution < 1.29 is 14.0 Å². The molecule has 1 fully saturated rings. The fourth-order valence-electron chi connectivity index (χ4n) is 1.97. The van der Waals surface area contributed by atoms with Crippen LogP contribution in [0, 0.1) is 17.1 Å². The summed E-state index contributed by atoms with van der Waals surface area (Å²) in [6, 6.07) is 4.72. The van der Waals surface area contributed by atoms with Crippen LogP contribution in [0.25, 0.3) is 0 Å². The Balaban J connectivity index is 2.29. The average Bonchev–Trinajstić information content (AvgIpc) is 2.41. The minimum Gasteiger partial charge on any atom is -0.353 e. The molecule has 1 aliphatic heterocycles. The van der Waals surface area contributed by atoms with Gasteiger partial charge in [0.2, 0.25) is 5.91 Å². The summed E-state index contributed by atoms with van der Waals surface area (Å²) < 4.78 is 13.2. The van der Waals surface area contributed by atoms with Crippen molar-refractivity contribution in [2.45, 2.75) is 13.0 Å². The number of amides is 2. The van der Waals surface area contributed by atoms with Crippen LogP contribution in [-0.2, 0) is 4.79 Å². The van der Waals surface area contributed by atoms with Gasteiger partial charge in [0.15, 0.2) is 0 Å². The van der Waals surface area contributed by atoms with Crippen molar-refractivity contribution in [1.82, 2.24) is 10.2 Å². The van der Waals surface area contributed by atoms with Gasteiger partial charge in [-0.05, 0) is 25.1 Å². The number of hydrogen-bond donors (Lipinski definition) is 1. The third-order valence-corrected chi connectivity index (χ3v) is 3.09. The predicted octanol–water partition coefficient (Wildman–Crippen LogP) is 0.658. The van der Waals surface area contributed by atoms with Gasteiger partial charge >= 0.3 is 0 Å². The van der Waals surface area contributed by atoms with Crippen molar-refractivity contribution in [3.05, 3.63) is 35.1 Å². The lowest BCUT2D eigenvalue weighted by atomic mass is 10.1. The number of halogens is 1. The van der Waals surface area contributed by atoms with Crippen LogP contribution in [0.15, 0.2) is 18.2 Å². The van der Waals surface area contributed by atoms with E-state index in [4.69, 9.17) is 5.26 Å². The van der Waals surface area contributed by atoms with Gasteiger partial charge < -0.3 is 10.2 Å². The monoisotopic (exact) mass is 261 g/mol. The van der Waals surface area contributed by atoms with E-state index in [1.165, 1.54) is 17.0 Å². The summed E-state index contributed by atoms with van der Waals surface area (Å²) in [5.74, 6) is -1.26. The van der Waals surface area contributed by atoms with E-state index < -0.39 is 11.9 Å². The Bertz CT molecular complexity index is 580. The first kappa shape index (κ1) is 13.0. The number of rotatable bonds is 1. The number of benzene rings is 1. The fraction of sp³-hybridized carbons (Fsp3) is 0.308. The van der Waals surface area contributed by atoms with E-state index in [1.54, 1.807) is 13.0 Å². The summed E-state index contributed by atoms with van der Waals surface area (Å²) in [4.78, 5) is 25.2. The highest BCUT2D eigenvalue weighted by Crippen LogP contribution is 2.14. The fourth-order valence-corrected chi connectivity index (χ4v) is 1.97. The zero-order valence-electron chi connectivity index (χ0n) is 10.3. The van der Waals surface area contributed by atoms with Crippen molar-refractivity contribution in [3.8, 4) is 6.07 Å². The van der Waals surface area contributed by atoms with Crippen molar-refractivity contribution in [2.24, 2.45) is 0 Å². The largest absolute Gasteiger partial charge is 0.353 e. The number of nitrogens with zero attached hydrogens (tertiary/aromatic N) is 2. The quantitative estimate of drug-likeness (QED) is 0.807. The van der Waals surface area contributed by atoms with E-state index in [0.717, 1.165) is 6.07 Å². The van der Waals surface area contributed by atoms with Gasteiger partial charge in [0, 0.05) is 18.7 Å². The molecule has 2 rings (SSSR count). The second-order valence-corrected chi connectivity index (χ2v) is 4.27. The number of carbonyl (C=O) groups excluding carboxylic acids is 2. The smallest absolute Gasteiger partial charge is 0.254 e. The molecule has 1 aromatic carbocycles. The zero-order chi connectivity index (χ0) is 14.0. The van der Waals surface area contributed by atoms with Crippen molar-refractivity contribution in [2.75, 3.05) is 13.1 Å². The molecule has 0 spiro atoms. The van der Waals surface area contributed by atoms with Crippen LogP contribution in [0.2, 0.25) is 0 Å². The van der Waals surface area contributed by atoms with Crippen LogP contribution in [0.1, 0.15) is 22.8 Å². The molecule has 19 heavy (non-hydrogen) atoms. The molecule has 0 bridgehead atoms. The highest BCUT2D eigenvalue weighted by molar-refractivity contribution is 5.98. The average molecular weight is 261 g/mol. The van der Waals surface area contributed by atoms with E-state index in [1.807, 2.05) is 0 Å². The Labute approximate surface area is 109 Å². The van der Waals surface area contributed by atoms with Gasteiger partial charge in [-0.3, -0.25) is 9.59 Å². The second-order valence-electron chi connectivity index (χ2n) is 4.27. The summed E-state index contributed by atoms with van der Waals surface area (Å²) in [5, 5.41) is 11.4. The van der Waals surface area contributed by atoms with Crippen LogP contribution in [0.5, 0.6) is 0 Å². The summed E-state index contributed by atoms with van der Waals surface area (Å²) >= 11 is 0. The maximum Gasteiger partial charge on any atom is 0.254 e. The molecule has 1 saturated heterocycles. The lowest BCUT2D eigenvalue weighted by molar-refractivity contribution is -0.127. The molecular formula is C13H12FN3O2. The molecule has 1 unspecified atom stereocenters. The molecule has 6 heteroatoms. The second kappa shape index (κ2) is 5.06. The molecule has 0 aliphatic carbocycles. The SMILES string of the molecule is CC1C(=O)NCCN1C(=O)c1ccc(F)c(C#N)c1. The van der Waals surface area contributed by atoms with Crippen LogP contribution in [0.4, 0.5) is 4.39 Å². The number of piperazine rings is 1. The molecule has 0 aromatic heterocycles. The molecule has 0 saturated carbocycles. The molecule has 1 heterocycles. The number of hydrogen-bond acceptors (Lipinski definition) is 3. The van der Waals surface area contributed by atoms with Crippen molar-refractivity contribution in [1.29, 1.82) is 5.26 Å². The molecular weight excluding hydrogens is 249 g/mol. The molecule has 1 N–H and O–H groups in total. The summed E-state index contributed by atoms with van der Waals surface area (Å²) in [6.45, 7) is 2.41. The molecule has 1 aromatic rings. The lowest BCUT2D eigenvalue weighted by Gasteiger charge is -2.32. The van der Waals surface area contributed by atoms with E-state index >= 15 is 0 Å². The molecule has 2 amide bonds. The van der Waals surface area contributed by atoms with E-state index in [0.29, 0.717) is 13.1 Å². The number of nitrogens with one attached hydrogen (secondary N) is 1. The van der Waals surface area contributed by atoms with Gasteiger partial charge in [0.1, 0.15) is 17.9 Å². The van der Waals surface area contributed by atoms with Crippen LogP contribution in [-0.4, -0.2) is 35.8 Å². The minimum atomic E-state index is -0.663. The Morgan fingerprint density at radius 1 is 1.58 bits per heavy atom. The van der Waals surface area contributed by atoms with Crippen molar-refractivity contribution >= 4 is 11.8 Å². The molecule has 5 nitrogen and oxygen atoms in total. The Morgan fingerprint density at radius 3 is 3.00 bits per heavy atom. The standard InChI is InChI=1S/C13H12FN3O2/c1-8-12(18)16-4-5-17(8)13(19)9-2-3-11(14)10(6-9)7-15/h2-3,6,8H,4-5H2,1H3,(H,16,18). The highest BCUT2D eigenvalue weighted by atomic mass is 19.1. The number of nitriles is 1. The Hall–Kier alpha value is -2.42. The van der Waals surface area contributed by atoms with Gasteiger partial charge in [0.05, 0.1) is 5.56 Å². The topological polar surface area (TPSA) is 73.2 Å². The predicted molar refractivity (Wildman–Crippen MR) is 64.6 cm³/mol. The van der Waals surface area contributed by atoms with Crippen LogP contribution >= 0.6 is 0 Å².